The van der Waals surface area contributed by atoms with Gasteiger partial charge in [0.2, 0.25) is 5.89 Å². The number of halogens is 3. The molecule has 3 rings (SSSR count). The standard InChI is InChI=1S/C20H23F3N4O/c1-13-14(2)28-19(26-13)12-27-7-5-15(6-8-27)11-25-18-4-3-17(20(21,22)23)9-16(18)10-24/h3-4,9,15,25H,5-8,11-12H2,1-2H3. The molecule has 0 amide bonds. The third-order valence-electron chi connectivity index (χ3n) is 5.19. The zero-order valence-corrected chi connectivity index (χ0v) is 15.9. The maximum atomic E-state index is 12.8. The Kier molecular flexibility index (Phi) is 5.94. The molecule has 1 aliphatic heterocycles. The normalized spacial score (nSPS) is 16.1. The van der Waals surface area contributed by atoms with Gasteiger partial charge in [0.15, 0.2) is 0 Å². The highest BCUT2D eigenvalue weighted by molar-refractivity contribution is 5.59. The van der Waals surface area contributed by atoms with E-state index in [4.69, 9.17) is 9.68 Å². The predicted molar refractivity (Wildman–Crippen MR) is 98.6 cm³/mol. The van der Waals surface area contributed by atoms with Crippen LogP contribution in [-0.2, 0) is 12.7 Å². The lowest BCUT2D eigenvalue weighted by molar-refractivity contribution is -0.137. The summed E-state index contributed by atoms with van der Waals surface area (Å²) in [5, 5.41) is 12.3. The molecule has 0 atom stereocenters. The van der Waals surface area contributed by atoms with E-state index >= 15 is 0 Å². The van der Waals surface area contributed by atoms with Gasteiger partial charge < -0.3 is 9.73 Å². The van der Waals surface area contributed by atoms with E-state index in [9.17, 15) is 13.2 Å². The van der Waals surface area contributed by atoms with Crippen molar-refractivity contribution in [3.8, 4) is 6.07 Å². The first-order valence-corrected chi connectivity index (χ1v) is 9.26. The SMILES string of the molecule is Cc1nc(CN2CCC(CNc3ccc(C(F)(F)F)cc3C#N)CC2)oc1C. The predicted octanol–water partition coefficient (Wildman–Crippen LogP) is 4.51. The number of piperidine rings is 1. The third kappa shape index (κ3) is 4.84. The van der Waals surface area contributed by atoms with Crippen molar-refractivity contribution in [1.82, 2.24) is 9.88 Å². The van der Waals surface area contributed by atoms with Crippen LogP contribution in [0.5, 0.6) is 0 Å². The van der Waals surface area contributed by atoms with Crippen LogP contribution in [0.4, 0.5) is 18.9 Å². The fourth-order valence-corrected chi connectivity index (χ4v) is 3.37. The number of anilines is 1. The highest BCUT2D eigenvalue weighted by Crippen LogP contribution is 2.32. The first-order valence-electron chi connectivity index (χ1n) is 9.26. The minimum atomic E-state index is -4.45. The summed E-state index contributed by atoms with van der Waals surface area (Å²) in [7, 11) is 0. The van der Waals surface area contributed by atoms with Crippen LogP contribution in [0.2, 0.25) is 0 Å². The van der Waals surface area contributed by atoms with Crippen LogP contribution < -0.4 is 5.32 Å². The Hall–Kier alpha value is -2.53. The molecule has 1 aromatic carbocycles. The lowest BCUT2D eigenvalue weighted by Gasteiger charge is -2.31. The van der Waals surface area contributed by atoms with Gasteiger partial charge in [-0.15, -0.1) is 0 Å². The second kappa shape index (κ2) is 8.23. The minimum absolute atomic E-state index is 0.0156. The highest BCUT2D eigenvalue weighted by atomic mass is 19.4. The van der Waals surface area contributed by atoms with E-state index in [2.05, 4.69) is 15.2 Å². The van der Waals surface area contributed by atoms with E-state index in [-0.39, 0.29) is 5.56 Å². The maximum Gasteiger partial charge on any atom is 0.416 e. The van der Waals surface area contributed by atoms with Crippen LogP contribution in [0, 0.1) is 31.1 Å². The van der Waals surface area contributed by atoms with Crippen LogP contribution in [0.3, 0.4) is 0 Å². The lowest BCUT2D eigenvalue weighted by atomic mass is 9.96. The number of likely N-dealkylation sites (tertiary alicyclic amines) is 1. The van der Waals surface area contributed by atoms with Crippen LogP contribution in [-0.4, -0.2) is 29.5 Å². The van der Waals surface area contributed by atoms with Crippen LogP contribution in [0.15, 0.2) is 22.6 Å². The number of hydrogen-bond donors (Lipinski definition) is 1. The molecule has 1 aliphatic rings. The topological polar surface area (TPSA) is 65.1 Å². The molecule has 8 heteroatoms. The summed E-state index contributed by atoms with van der Waals surface area (Å²) in [4.78, 5) is 6.70. The number of benzene rings is 1. The summed E-state index contributed by atoms with van der Waals surface area (Å²) in [6, 6.07) is 5.09. The fourth-order valence-electron chi connectivity index (χ4n) is 3.37. The van der Waals surface area contributed by atoms with Gasteiger partial charge in [-0.2, -0.15) is 18.4 Å². The van der Waals surface area contributed by atoms with Crippen molar-refractivity contribution < 1.29 is 17.6 Å². The van der Waals surface area contributed by atoms with Crippen molar-refractivity contribution >= 4 is 5.69 Å². The van der Waals surface area contributed by atoms with E-state index in [1.807, 2.05) is 19.9 Å². The third-order valence-corrected chi connectivity index (χ3v) is 5.19. The lowest BCUT2D eigenvalue weighted by Crippen LogP contribution is -2.35. The zero-order valence-electron chi connectivity index (χ0n) is 15.9. The van der Waals surface area contributed by atoms with E-state index in [0.717, 1.165) is 55.4 Å². The van der Waals surface area contributed by atoms with Gasteiger partial charge in [-0.05, 0) is 63.9 Å². The molecule has 5 nitrogen and oxygen atoms in total. The van der Waals surface area contributed by atoms with Gasteiger partial charge >= 0.3 is 6.18 Å². The van der Waals surface area contributed by atoms with Gasteiger partial charge in [-0.3, -0.25) is 4.90 Å². The number of nitrogens with zero attached hydrogens (tertiary/aromatic N) is 3. The molecule has 2 aromatic rings. The number of alkyl halides is 3. The van der Waals surface area contributed by atoms with Crippen molar-refractivity contribution in [1.29, 1.82) is 5.26 Å². The summed E-state index contributed by atoms with van der Waals surface area (Å²) >= 11 is 0. The molecule has 0 bridgehead atoms. The van der Waals surface area contributed by atoms with E-state index in [1.165, 1.54) is 6.07 Å². The molecule has 0 spiro atoms. The Bertz CT molecular complexity index is 842. The number of aryl methyl sites for hydroxylation is 2. The molecule has 1 fully saturated rings. The molecule has 150 valence electrons. The van der Waals surface area contributed by atoms with E-state index < -0.39 is 11.7 Å². The molecule has 1 N–H and O–H groups in total. The zero-order chi connectivity index (χ0) is 20.3. The number of hydrogen-bond acceptors (Lipinski definition) is 5. The van der Waals surface area contributed by atoms with E-state index in [1.54, 1.807) is 0 Å². The van der Waals surface area contributed by atoms with Crippen LogP contribution in [0.25, 0.3) is 0 Å². The number of rotatable bonds is 5. The minimum Gasteiger partial charge on any atom is -0.444 e. The summed E-state index contributed by atoms with van der Waals surface area (Å²) in [6.07, 6.45) is -2.51. The smallest absolute Gasteiger partial charge is 0.416 e. The Morgan fingerprint density at radius 2 is 2.00 bits per heavy atom. The average molecular weight is 392 g/mol. The molecule has 1 saturated heterocycles. The number of aromatic nitrogens is 1. The van der Waals surface area contributed by atoms with Crippen molar-refractivity contribution in [3.05, 3.63) is 46.7 Å². The van der Waals surface area contributed by atoms with Gasteiger partial charge in [-0.25, -0.2) is 4.98 Å². The largest absolute Gasteiger partial charge is 0.444 e. The molecule has 0 saturated carbocycles. The summed E-state index contributed by atoms with van der Waals surface area (Å²) in [6.45, 7) is 6.96. The first kappa shape index (κ1) is 20.2. The van der Waals surface area contributed by atoms with Gasteiger partial charge in [0.1, 0.15) is 11.8 Å². The summed E-state index contributed by atoms with van der Waals surface area (Å²) in [5.41, 5.74) is 0.574. The quantitative estimate of drug-likeness (QED) is 0.811. The summed E-state index contributed by atoms with van der Waals surface area (Å²) < 4.78 is 44.0. The molecule has 0 radical (unpaired) electrons. The fraction of sp³-hybridized carbons (Fsp3) is 0.500. The molecular weight excluding hydrogens is 369 g/mol. The molecular formula is C20H23F3N4O. The number of nitrogens with one attached hydrogen (secondary N) is 1. The Morgan fingerprint density at radius 1 is 1.29 bits per heavy atom. The van der Waals surface area contributed by atoms with Gasteiger partial charge in [0, 0.05) is 6.54 Å². The van der Waals surface area contributed by atoms with Gasteiger partial charge in [0.05, 0.1) is 29.1 Å². The number of oxazole rings is 1. The molecule has 0 aliphatic carbocycles. The van der Waals surface area contributed by atoms with Gasteiger partial charge in [0.25, 0.3) is 0 Å². The number of nitriles is 1. The Balaban J connectivity index is 1.51. The molecule has 1 aromatic heterocycles. The highest BCUT2D eigenvalue weighted by Gasteiger charge is 2.31. The van der Waals surface area contributed by atoms with Crippen molar-refractivity contribution in [2.45, 2.75) is 39.4 Å². The second-order valence-corrected chi connectivity index (χ2v) is 7.22. The van der Waals surface area contributed by atoms with Crippen LogP contribution >= 0.6 is 0 Å². The van der Waals surface area contributed by atoms with Crippen molar-refractivity contribution in [2.24, 2.45) is 5.92 Å². The maximum absolute atomic E-state index is 12.8. The second-order valence-electron chi connectivity index (χ2n) is 7.22. The van der Waals surface area contributed by atoms with E-state index in [0.29, 0.717) is 24.7 Å². The van der Waals surface area contributed by atoms with Crippen molar-refractivity contribution in [3.63, 3.8) is 0 Å². The Morgan fingerprint density at radius 3 is 2.57 bits per heavy atom. The van der Waals surface area contributed by atoms with Crippen molar-refractivity contribution in [2.75, 3.05) is 25.0 Å². The van der Waals surface area contributed by atoms with Crippen LogP contribution in [0.1, 0.15) is 41.3 Å². The molecule has 2 heterocycles. The Labute approximate surface area is 162 Å². The monoisotopic (exact) mass is 392 g/mol. The molecule has 28 heavy (non-hydrogen) atoms. The molecule has 0 unspecified atom stereocenters. The first-order chi connectivity index (χ1) is 13.3. The van der Waals surface area contributed by atoms with Gasteiger partial charge in [-0.1, -0.05) is 0 Å². The summed E-state index contributed by atoms with van der Waals surface area (Å²) in [5.74, 6) is 1.98. The average Bonchev–Trinajstić information content (AvgIpc) is 2.97.